The Bertz CT molecular complexity index is 875. The zero-order valence-electron chi connectivity index (χ0n) is 14.0. The summed E-state index contributed by atoms with van der Waals surface area (Å²) < 4.78 is 13.1. The number of ether oxygens (including phenoxy) is 1. The van der Waals surface area contributed by atoms with Gasteiger partial charge in [0.1, 0.15) is 0 Å². The highest BCUT2D eigenvalue weighted by Crippen LogP contribution is 2.29. The number of aromatic nitrogens is 4. The zero-order valence-corrected chi connectivity index (χ0v) is 14.0. The lowest BCUT2D eigenvalue weighted by atomic mass is 9.98. The Balaban J connectivity index is 1.48. The number of hydrogen-bond acceptors (Lipinski definition) is 6. The highest BCUT2D eigenvalue weighted by molar-refractivity contribution is 5.83. The van der Waals surface area contributed by atoms with Crippen molar-refractivity contribution in [1.82, 2.24) is 25.2 Å². The molecule has 4 heterocycles. The van der Waals surface area contributed by atoms with Gasteiger partial charge in [-0.15, -0.1) is 0 Å². The third-order valence-electron chi connectivity index (χ3n) is 5.24. The number of hydrogen-bond donors (Lipinski definition) is 1. The predicted molar refractivity (Wildman–Crippen MR) is 92.3 cm³/mol. The van der Waals surface area contributed by atoms with Crippen molar-refractivity contribution in [1.29, 1.82) is 0 Å². The molecule has 1 N–H and O–H groups in total. The maximum absolute atomic E-state index is 5.55. The molecule has 2 aliphatic heterocycles. The van der Waals surface area contributed by atoms with Crippen molar-refractivity contribution in [3.8, 4) is 11.4 Å². The Labute approximate surface area is 145 Å². The van der Waals surface area contributed by atoms with Crippen molar-refractivity contribution in [2.45, 2.75) is 31.2 Å². The molecule has 2 saturated heterocycles. The van der Waals surface area contributed by atoms with E-state index in [1.165, 1.54) is 0 Å². The molecule has 1 aromatic carbocycles. The fourth-order valence-electron chi connectivity index (χ4n) is 3.77. The molecular weight excluding hydrogens is 318 g/mol. The first-order valence-electron chi connectivity index (χ1n) is 8.98. The Morgan fingerprint density at radius 3 is 2.92 bits per heavy atom. The van der Waals surface area contributed by atoms with Crippen LogP contribution in [-0.2, 0) is 4.74 Å². The third kappa shape index (κ3) is 2.73. The summed E-state index contributed by atoms with van der Waals surface area (Å²) in [6, 6.07) is 6.53. The monoisotopic (exact) mass is 339 g/mol. The zero-order chi connectivity index (χ0) is 16.6. The highest BCUT2D eigenvalue weighted by Gasteiger charge is 2.23. The van der Waals surface area contributed by atoms with E-state index in [0.717, 1.165) is 67.9 Å². The Morgan fingerprint density at radius 2 is 2.08 bits per heavy atom. The largest absolute Gasteiger partial charge is 0.379 e. The average molecular weight is 339 g/mol. The van der Waals surface area contributed by atoms with E-state index in [2.05, 4.69) is 37.4 Å². The smallest absolute Gasteiger partial charge is 0.230 e. The summed E-state index contributed by atoms with van der Waals surface area (Å²) in [6.45, 7) is 3.55. The molecule has 130 valence electrons. The summed E-state index contributed by atoms with van der Waals surface area (Å²) in [5.41, 5.74) is 2.07. The molecule has 1 unspecified atom stereocenters. The van der Waals surface area contributed by atoms with Crippen molar-refractivity contribution in [2.24, 2.45) is 0 Å². The molecule has 7 nitrogen and oxygen atoms in total. The maximum atomic E-state index is 5.55. The number of rotatable bonds is 3. The molecule has 7 heteroatoms. The molecule has 0 saturated carbocycles. The van der Waals surface area contributed by atoms with Crippen LogP contribution in [0.3, 0.4) is 0 Å². The first kappa shape index (κ1) is 15.0. The lowest BCUT2D eigenvalue weighted by Crippen LogP contribution is -2.26. The summed E-state index contributed by atoms with van der Waals surface area (Å²) in [5.74, 6) is 1.78. The van der Waals surface area contributed by atoms with Crippen LogP contribution in [-0.4, -0.2) is 46.2 Å². The van der Waals surface area contributed by atoms with Gasteiger partial charge in [-0.2, -0.15) is 10.1 Å². The number of piperidine rings is 1. The van der Waals surface area contributed by atoms with Gasteiger partial charge in [-0.25, -0.2) is 0 Å². The number of nitrogens with one attached hydrogen (secondary N) is 1. The molecule has 0 amide bonds. The molecule has 0 aliphatic carbocycles. The molecule has 25 heavy (non-hydrogen) atoms. The highest BCUT2D eigenvalue weighted by atomic mass is 16.5. The van der Waals surface area contributed by atoms with Crippen LogP contribution in [0, 0.1) is 0 Å². The summed E-state index contributed by atoms with van der Waals surface area (Å²) in [4.78, 5) is 4.66. The summed E-state index contributed by atoms with van der Waals surface area (Å²) in [6.07, 6.45) is 5.02. The Morgan fingerprint density at radius 1 is 1.16 bits per heavy atom. The van der Waals surface area contributed by atoms with Gasteiger partial charge in [0, 0.05) is 23.5 Å². The quantitative estimate of drug-likeness (QED) is 0.790. The second-order valence-electron chi connectivity index (χ2n) is 6.86. The molecular formula is C18H21N5O2. The molecule has 2 fully saturated rings. The van der Waals surface area contributed by atoms with Gasteiger partial charge in [-0.05, 0) is 38.4 Å². The second kappa shape index (κ2) is 6.24. The average Bonchev–Trinajstić information content (AvgIpc) is 3.41. The lowest BCUT2D eigenvalue weighted by Gasteiger charge is -2.18. The fraction of sp³-hybridized carbons (Fsp3) is 0.500. The van der Waals surface area contributed by atoms with E-state index in [-0.39, 0.29) is 0 Å². The second-order valence-corrected chi connectivity index (χ2v) is 6.86. The van der Waals surface area contributed by atoms with E-state index in [0.29, 0.717) is 17.8 Å². The maximum Gasteiger partial charge on any atom is 0.230 e. The fourth-order valence-corrected chi connectivity index (χ4v) is 3.77. The summed E-state index contributed by atoms with van der Waals surface area (Å²) in [7, 11) is 0. The molecule has 2 aromatic heterocycles. The number of nitrogens with zero attached hydrogens (tertiary/aromatic N) is 4. The lowest BCUT2D eigenvalue weighted by molar-refractivity contribution is 0.185. The van der Waals surface area contributed by atoms with Crippen LogP contribution in [0.25, 0.3) is 22.3 Å². The van der Waals surface area contributed by atoms with Gasteiger partial charge in [-0.3, -0.25) is 4.68 Å². The van der Waals surface area contributed by atoms with E-state index < -0.39 is 0 Å². The van der Waals surface area contributed by atoms with Crippen LogP contribution < -0.4 is 5.32 Å². The van der Waals surface area contributed by atoms with Crippen molar-refractivity contribution in [2.75, 3.05) is 26.3 Å². The van der Waals surface area contributed by atoms with E-state index in [1.807, 2.05) is 12.3 Å². The topological polar surface area (TPSA) is 78.0 Å². The SMILES string of the molecule is c1cc2cnn(C3CCOC3)c2cc1-c1noc(C2CCNCC2)n1. The van der Waals surface area contributed by atoms with Gasteiger partial charge < -0.3 is 14.6 Å². The van der Waals surface area contributed by atoms with Crippen LogP contribution in [0.5, 0.6) is 0 Å². The van der Waals surface area contributed by atoms with Gasteiger partial charge in [0.05, 0.1) is 24.4 Å². The van der Waals surface area contributed by atoms with E-state index in [4.69, 9.17) is 9.26 Å². The van der Waals surface area contributed by atoms with Gasteiger partial charge >= 0.3 is 0 Å². The normalized spacial score (nSPS) is 22.0. The van der Waals surface area contributed by atoms with Gasteiger partial charge in [0.15, 0.2) is 0 Å². The third-order valence-corrected chi connectivity index (χ3v) is 5.24. The van der Waals surface area contributed by atoms with E-state index >= 15 is 0 Å². The van der Waals surface area contributed by atoms with Gasteiger partial charge in [0.2, 0.25) is 11.7 Å². The van der Waals surface area contributed by atoms with E-state index in [1.54, 1.807) is 0 Å². The van der Waals surface area contributed by atoms with Crippen molar-refractivity contribution in [3.63, 3.8) is 0 Å². The van der Waals surface area contributed by atoms with Crippen LogP contribution in [0.4, 0.5) is 0 Å². The summed E-state index contributed by atoms with van der Waals surface area (Å²) in [5, 5.41) is 13.3. The molecule has 2 aliphatic rings. The van der Waals surface area contributed by atoms with Gasteiger partial charge in [-0.1, -0.05) is 17.3 Å². The molecule has 0 bridgehead atoms. The van der Waals surface area contributed by atoms with Crippen molar-refractivity contribution in [3.05, 3.63) is 30.3 Å². The standard InChI is InChI=1S/C18H21N5O2/c1-2-14-10-20-23(15-5-8-24-11-15)16(14)9-13(1)17-21-18(25-22-17)12-3-6-19-7-4-12/h1-2,9-10,12,15,19H,3-8,11H2. The Kier molecular flexibility index (Phi) is 3.75. The summed E-state index contributed by atoms with van der Waals surface area (Å²) >= 11 is 0. The van der Waals surface area contributed by atoms with Crippen LogP contribution in [0.15, 0.2) is 28.9 Å². The molecule has 0 radical (unpaired) electrons. The van der Waals surface area contributed by atoms with Crippen molar-refractivity contribution < 1.29 is 9.26 Å². The molecule has 5 rings (SSSR count). The van der Waals surface area contributed by atoms with Crippen LogP contribution in [0.1, 0.15) is 37.1 Å². The minimum atomic E-state index is 0.309. The molecule has 0 spiro atoms. The predicted octanol–water partition coefficient (Wildman–Crippen LogP) is 2.51. The first-order chi connectivity index (χ1) is 12.4. The van der Waals surface area contributed by atoms with Crippen LogP contribution >= 0.6 is 0 Å². The number of benzene rings is 1. The van der Waals surface area contributed by atoms with Gasteiger partial charge in [0.25, 0.3) is 0 Å². The number of fused-ring (bicyclic) bond motifs is 1. The van der Waals surface area contributed by atoms with Crippen molar-refractivity contribution >= 4 is 10.9 Å². The molecule has 3 aromatic rings. The van der Waals surface area contributed by atoms with Crippen LogP contribution in [0.2, 0.25) is 0 Å². The minimum Gasteiger partial charge on any atom is -0.379 e. The van der Waals surface area contributed by atoms with E-state index in [9.17, 15) is 0 Å². The first-order valence-corrected chi connectivity index (χ1v) is 8.98. The molecule has 1 atom stereocenters. The Hall–Kier alpha value is -2.25. The minimum absolute atomic E-state index is 0.309.